The Morgan fingerprint density at radius 1 is 1.12 bits per heavy atom. The van der Waals surface area contributed by atoms with Gasteiger partial charge in [0.15, 0.2) is 6.10 Å². The van der Waals surface area contributed by atoms with Crippen molar-refractivity contribution in [2.45, 2.75) is 40.2 Å². The van der Waals surface area contributed by atoms with Gasteiger partial charge in [0.25, 0.3) is 5.91 Å². The lowest BCUT2D eigenvalue weighted by Gasteiger charge is -2.17. The third-order valence-electron chi connectivity index (χ3n) is 4.03. The predicted molar refractivity (Wildman–Crippen MR) is 100 cm³/mol. The van der Waals surface area contributed by atoms with Crippen molar-refractivity contribution in [1.29, 1.82) is 0 Å². The summed E-state index contributed by atoms with van der Waals surface area (Å²) in [6.07, 6.45) is 0.321. The van der Waals surface area contributed by atoms with Crippen LogP contribution in [-0.2, 0) is 11.2 Å². The van der Waals surface area contributed by atoms with Crippen molar-refractivity contribution in [3.8, 4) is 11.5 Å². The van der Waals surface area contributed by atoms with Gasteiger partial charge in [-0.3, -0.25) is 4.79 Å². The van der Waals surface area contributed by atoms with Gasteiger partial charge in [-0.15, -0.1) is 0 Å². The Morgan fingerprint density at radius 3 is 2.64 bits per heavy atom. The van der Waals surface area contributed by atoms with Crippen LogP contribution in [0.5, 0.6) is 11.5 Å². The summed E-state index contributed by atoms with van der Waals surface area (Å²) in [6.45, 7) is 8.73. The average Bonchev–Trinajstić information content (AvgIpc) is 2.61. The highest BCUT2D eigenvalue weighted by molar-refractivity contribution is 5.80. The fraction of sp³-hybridized carbons (Fsp3) is 0.381. The number of hydrogen-bond donors (Lipinski definition) is 1. The van der Waals surface area contributed by atoms with E-state index in [0.29, 0.717) is 13.2 Å². The molecule has 4 nitrogen and oxygen atoms in total. The lowest BCUT2D eigenvalue weighted by atomic mass is 10.1. The molecule has 0 aliphatic heterocycles. The first-order valence-electron chi connectivity index (χ1n) is 8.73. The highest BCUT2D eigenvalue weighted by atomic mass is 16.5. The minimum absolute atomic E-state index is 0.143. The monoisotopic (exact) mass is 341 g/mol. The van der Waals surface area contributed by atoms with Crippen LogP contribution in [-0.4, -0.2) is 25.2 Å². The van der Waals surface area contributed by atoms with Gasteiger partial charge in [0.05, 0.1) is 6.54 Å². The van der Waals surface area contributed by atoms with Crippen LogP contribution in [0.2, 0.25) is 0 Å². The molecule has 0 heterocycles. The van der Waals surface area contributed by atoms with Gasteiger partial charge in [-0.25, -0.2) is 0 Å². The van der Waals surface area contributed by atoms with E-state index in [1.165, 1.54) is 0 Å². The summed E-state index contributed by atoms with van der Waals surface area (Å²) in [4.78, 5) is 12.2. The molecule has 0 saturated heterocycles. The summed E-state index contributed by atoms with van der Waals surface area (Å²) in [6, 6.07) is 13.9. The Balaban J connectivity index is 1.78. The number of nitrogens with one attached hydrogen (secondary N) is 1. The number of ether oxygens (including phenoxy) is 2. The molecule has 1 N–H and O–H groups in total. The SMILES string of the molecule is CCc1ccccc1O[C@H](C)C(=O)NCCOc1cc(C)ccc1C. The van der Waals surface area contributed by atoms with Crippen molar-refractivity contribution in [3.05, 3.63) is 59.2 Å². The Hall–Kier alpha value is -2.49. The Kier molecular flexibility index (Phi) is 6.87. The largest absolute Gasteiger partial charge is 0.491 e. The number of carbonyl (C=O) groups excluding carboxylic acids is 1. The van der Waals surface area contributed by atoms with E-state index < -0.39 is 6.10 Å². The summed E-state index contributed by atoms with van der Waals surface area (Å²) in [5.41, 5.74) is 3.34. The first-order valence-corrected chi connectivity index (χ1v) is 8.73. The molecule has 1 amide bonds. The molecular weight excluding hydrogens is 314 g/mol. The minimum atomic E-state index is -0.548. The van der Waals surface area contributed by atoms with Crippen LogP contribution in [0, 0.1) is 13.8 Å². The fourth-order valence-electron chi connectivity index (χ4n) is 2.50. The smallest absolute Gasteiger partial charge is 0.260 e. The number of benzene rings is 2. The lowest BCUT2D eigenvalue weighted by Crippen LogP contribution is -2.38. The van der Waals surface area contributed by atoms with E-state index >= 15 is 0 Å². The molecule has 0 aliphatic carbocycles. The quantitative estimate of drug-likeness (QED) is 0.742. The summed E-state index contributed by atoms with van der Waals surface area (Å²) in [5, 5.41) is 2.86. The summed E-state index contributed by atoms with van der Waals surface area (Å²) in [5.74, 6) is 1.48. The zero-order chi connectivity index (χ0) is 18.2. The summed E-state index contributed by atoms with van der Waals surface area (Å²) in [7, 11) is 0. The topological polar surface area (TPSA) is 47.6 Å². The molecule has 0 aromatic heterocycles. The van der Waals surface area contributed by atoms with Crippen LogP contribution >= 0.6 is 0 Å². The number of amides is 1. The minimum Gasteiger partial charge on any atom is -0.491 e. The zero-order valence-electron chi connectivity index (χ0n) is 15.5. The second-order valence-electron chi connectivity index (χ2n) is 6.13. The molecular formula is C21H27NO3. The predicted octanol–water partition coefficient (Wildman–Crippen LogP) is 3.83. The Labute approximate surface area is 150 Å². The molecule has 0 unspecified atom stereocenters. The first-order chi connectivity index (χ1) is 12.0. The lowest BCUT2D eigenvalue weighted by molar-refractivity contribution is -0.127. The zero-order valence-corrected chi connectivity index (χ0v) is 15.5. The third kappa shape index (κ3) is 5.52. The van der Waals surface area contributed by atoms with Crippen LogP contribution in [0.4, 0.5) is 0 Å². The van der Waals surface area contributed by atoms with Crippen molar-refractivity contribution in [3.63, 3.8) is 0 Å². The summed E-state index contributed by atoms with van der Waals surface area (Å²) < 4.78 is 11.5. The highest BCUT2D eigenvalue weighted by Crippen LogP contribution is 2.20. The van der Waals surface area contributed by atoms with Gasteiger partial charge in [0.2, 0.25) is 0 Å². The van der Waals surface area contributed by atoms with Crippen molar-refractivity contribution in [2.75, 3.05) is 13.2 Å². The third-order valence-corrected chi connectivity index (χ3v) is 4.03. The maximum Gasteiger partial charge on any atom is 0.260 e. The van der Waals surface area contributed by atoms with E-state index in [9.17, 15) is 4.79 Å². The van der Waals surface area contributed by atoms with Crippen LogP contribution < -0.4 is 14.8 Å². The molecule has 0 radical (unpaired) electrons. The second-order valence-corrected chi connectivity index (χ2v) is 6.13. The van der Waals surface area contributed by atoms with Gasteiger partial charge in [-0.05, 0) is 56.0 Å². The molecule has 2 aromatic carbocycles. The molecule has 0 bridgehead atoms. The normalized spacial score (nSPS) is 11.7. The molecule has 0 fully saturated rings. The van der Waals surface area contributed by atoms with Crippen LogP contribution in [0.1, 0.15) is 30.5 Å². The molecule has 2 aromatic rings. The second kappa shape index (κ2) is 9.11. The van der Waals surface area contributed by atoms with E-state index in [-0.39, 0.29) is 5.91 Å². The Bertz CT molecular complexity index is 712. The van der Waals surface area contributed by atoms with E-state index in [1.54, 1.807) is 6.92 Å². The van der Waals surface area contributed by atoms with Gasteiger partial charge >= 0.3 is 0 Å². The van der Waals surface area contributed by atoms with Crippen LogP contribution in [0.15, 0.2) is 42.5 Å². The molecule has 25 heavy (non-hydrogen) atoms. The molecule has 0 spiro atoms. The standard InChI is InChI=1S/C21H27NO3/c1-5-18-8-6-7-9-19(18)25-17(4)21(23)22-12-13-24-20-14-15(2)10-11-16(20)3/h6-11,14,17H,5,12-13H2,1-4H3,(H,22,23)/t17-/m1/s1. The van der Waals surface area contributed by atoms with Crippen LogP contribution in [0.25, 0.3) is 0 Å². The van der Waals surface area contributed by atoms with E-state index in [2.05, 4.69) is 18.3 Å². The van der Waals surface area contributed by atoms with E-state index in [1.807, 2.05) is 50.2 Å². The molecule has 1 atom stereocenters. The first kappa shape index (κ1) is 18.8. The maximum absolute atomic E-state index is 12.2. The van der Waals surface area contributed by atoms with Crippen molar-refractivity contribution in [2.24, 2.45) is 0 Å². The van der Waals surface area contributed by atoms with Gasteiger partial charge < -0.3 is 14.8 Å². The van der Waals surface area contributed by atoms with Crippen molar-refractivity contribution >= 4 is 5.91 Å². The molecule has 2 rings (SSSR count). The number of carbonyl (C=O) groups is 1. The van der Waals surface area contributed by atoms with Crippen molar-refractivity contribution < 1.29 is 14.3 Å². The molecule has 0 saturated carbocycles. The maximum atomic E-state index is 12.2. The fourth-order valence-corrected chi connectivity index (χ4v) is 2.50. The number of hydrogen-bond acceptors (Lipinski definition) is 3. The molecule has 0 aliphatic rings. The number of para-hydroxylation sites is 1. The average molecular weight is 341 g/mol. The van der Waals surface area contributed by atoms with Gasteiger partial charge in [0.1, 0.15) is 18.1 Å². The van der Waals surface area contributed by atoms with Gasteiger partial charge in [-0.2, -0.15) is 0 Å². The number of aryl methyl sites for hydroxylation is 3. The van der Waals surface area contributed by atoms with Crippen LogP contribution in [0.3, 0.4) is 0 Å². The highest BCUT2D eigenvalue weighted by Gasteiger charge is 2.15. The number of rotatable bonds is 8. The van der Waals surface area contributed by atoms with Crippen molar-refractivity contribution in [1.82, 2.24) is 5.32 Å². The molecule has 134 valence electrons. The van der Waals surface area contributed by atoms with E-state index in [0.717, 1.165) is 34.6 Å². The molecule has 4 heteroatoms. The van der Waals surface area contributed by atoms with Gasteiger partial charge in [0, 0.05) is 0 Å². The Morgan fingerprint density at radius 2 is 1.88 bits per heavy atom. The van der Waals surface area contributed by atoms with Gasteiger partial charge in [-0.1, -0.05) is 37.3 Å². The van der Waals surface area contributed by atoms with E-state index in [4.69, 9.17) is 9.47 Å². The summed E-state index contributed by atoms with van der Waals surface area (Å²) >= 11 is 0.